The highest BCUT2D eigenvalue weighted by atomic mass is 16.5. The van der Waals surface area contributed by atoms with E-state index >= 15 is 0 Å². The lowest BCUT2D eigenvalue weighted by atomic mass is 10.0. The van der Waals surface area contributed by atoms with E-state index in [0.29, 0.717) is 25.9 Å². The Bertz CT molecular complexity index is 761. The summed E-state index contributed by atoms with van der Waals surface area (Å²) in [6, 6.07) is 16.9. The van der Waals surface area contributed by atoms with Gasteiger partial charge >= 0.3 is 0 Å². The number of nitrogens with zero attached hydrogens (tertiary/aromatic N) is 1. The van der Waals surface area contributed by atoms with Gasteiger partial charge in [0.15, 0.2) is 0 Å². The highest BCUT2D eigenvalue weighted by Gasteiger charge is 2.29. The molecule has 0 aromatic heterocycles. The van der Waals surface area contributed by atoms with E-state index in [9.17, 15) is 9.59 Å². The molecule has 1 unspecified atom stereocenters. The fraction of sp³-hybridized carbons (Fsp3) is 0.391. The number of carbonyl (C=O) groups is 2. The van der Waals surface area contributed by atoms with Gasteiger partial charge in [-0.2, -0.15) is 0 Å². The predicted octanol–water partition coefficient (Wildman–Crippen LogP) is 3.57. The molecule has 2 amide bonds. The topological polar surface area (TPSA) is 58.6 Å². The van der Waals surface area contributed by atoms with Crippen LogP contribution >= 0.6 is 0 Å². The zero-order valence-corrected chi connectivity index (χ0v) is 17.0. The van der Waals surface area contributed by atoms with Crippen molar-refractivity contribution in [3.63, 3.8) is 0 Å². The van der Waals surface area contributed by atoms with Gasteiger partial charge in [0.1, 0.15) is 11.8 Å². The Morgan fingerprint density at radius 2 is 1.75 bits per heavy atom. The number of benzene rings is 2. The lowest BCUT2D eigenvalue weighted by molar-refractivity contribution is -0.141. The first-order valence-corrected chi connectivity index (χ1v) is 9.83. The molecular weight excluding hydrogens is 352 g/mol. The third-order valence-corrected chi connectivity index (χ3v) is 4.61. The molecule has 150 valence electrons. The highest BCUT2D eigenvalue weighted by molar-refractivity contribution is 5.87. The maximum atomic E-state index is 13.0. The van der Waals surface area contributed by atoms with Gasteiger partial charge in [0.25, 0.3) is 0 Å². The fourth-order valence-corrected chi connectivity index (χ4v) is 3.09. The number of nitrogens with one attached hydrogen (secondary N) is 1. The molecule has 0 fully saturated rings. The van der Waals surface area contributed by atoms with Crippen molar-refractivity contribution in [3.8, 4) is 5.75 Å². The van der Waals surface area contributed by atoms with Gasteiger partial charge in [0.2, 0.25) is 11.8 Å². The van der Waals surface area contributed by atoms with E-state index < -0.39 is 6.04 Å². The second-order valence-electron chi connectivity index (χ2n) is 6.72. The van der Waals surface area contributed by atoms with Crippen molar-refractivity contribution in [3.05, 3.63) is 65.7 Å². The molecule has 0 aliphatic rings. The van der Waals surface area contributed by atoms with Gasteiger partial charge in [0.05, 0.1) is 7.11 Å². The van der Waals surface area contributed by atoms with Gasteiger partial charge in [-0.05, 0) is 29.7 Å². The molecule has 0 saturated heterocycles. The molecule has 5 nitrogen and oxygen atoms in total. The molecular formula is C23H30N2O3. The molecule has 0 heterocycles. The number of amides is 2. The van der Waals surface area contributed by atoms with E-state index in [1.807, 2.05) is 68.4 Å². The molecule has 0 aliphatic heterocycles. The molecule has 0 aliphatic carbocycles. The van der Waals surface area contributed by atoms with Crippen LogP contribution in [0.2, 0.25) is 0 Å². The minimum Gasteiger partial charge on any atom is -0.497 e. The van der Waals surface area contributed by atoms with Gasteiger partial charge in [-0.15, -0.1) is 0 Å². The smallest absolute Gasteiger partial charge is 0.243 e. The van der Waals surface area contributed by atoms with Crippen molar-refractivity contribution in [1.82, 2.24) is 10.2 Å². The van der Waals surface area contributed by atoms with Gasteiger partial charge in [-0.25, -0.2) is 0 Å². The fourth-order valence-electron chi connectivity index (χ4n) is 3.09. The number of hydrogen-bond acceptors (Lipinski definition) is 3. The van der Waals surface area contributed by atoms with Crippen LogP contribution in [0, 0.1) is 0 Å². The first-order valence-electron chi connectivity index (χ1n) is 9.83. The quantitative estimate of drug-likeness (QED) is 0.683. The summed E-state index contributed by atoms with van der Waals surface area (Å²) in [5.74, 6) is 0.572. The zero-order valence-electron chi connectivity index (χ0n) is 17.0. The lowest BCUT2D eigenvalue weighted by Gasteiger charge is -2.31. The highest BCUT2D eigenvalue weighted by Crippen LogP contribution is 2.18. The van der Waals surface area contributed by atoms with Gasteiger partial charge in [-0.3, -0.25) is 9.59 Å². The Hall–Kier alpha value is -2.82. The standard InChI is InChI=1S/C23H30N2O3/c1-4-14-24-23(27)21(16-18-10-7-6-8-11-18)25(22(26)5-2)17-19-12-9-13-20(15-19)28-3/h6-13,15,21H,4-5,14,16-17H2,1-3H3,(H,24,27). The molecule has 1 atom stereocenters. The zero-order chi connectivity index (χ0) is 20.4. The Labute approximate surface area is 167 Å². The number of ether oxygens (including phenoxy) is 1. The molecule has 2 aromatic rings. The Morgan fingerprint density at radius 3 is 2.39 bits per heavy atom. The molecule has 0 saturated carbocycles. The normalized spacial score (nSPS) is 11.5. The predicted molar refractivity (Wildman–Crippen MR) is 111 cm³/mol. The lowest BCUT2D eigenvalue weighted by Crippen LogP contribution is -2.50. The first-order chi connectivity index (χ1) is 13.6. The minimum absolute atomic E-state index is 0.0459. The summed E-state index contributed by atoms with van der Waals surface area (Å²) in [6.07, 6.45) is 1.67. The molecule has 2 aromatic carbocycles. The molecule has 28 heavy (non-hydrogen) atoms. The number of methoxy groups -OCH3 is 1. The monoisotopic (exact) mass is 382 g/mol. The van der Waals surface area contributed by atoms with Crippen LogP contribution in [-0.2, 0) is 22.6 Å². The number of rotatable bonds is 10. The third-order valence-electron chi connectivity index (χ3n) is 4.61. The van der Waals surface area contributed by atoms with Crippen LogP contribution in [0.1, 0.15) is 37.8 Å². The summed E-state index contributed by atoms with van der Waals surface area (Å²) in [5, 5.41) is 2.96. The maximum Gasteiger partial charge on any atom is 0.243 e. The van der Waals surface area contributed by atoms with Gasteiger partial charge in [-0.1, -0.05) is 56.3 Å². The molecule has 0 radical (unpaired) electrons. The van der Waals surface area contributed by atoms with Crippen molar-refractivity contribution in [2.24, 2.45) is 0 Å². The van der Waals surface area contributed by atoms with Crippen LogP contribution in [0.25, 0.3) is 0 Å². The summed E-state index contributed by atoms with van der Waals surface area (Å²) in [6.45, 7) is 4.79. The molecule has 0 bridgehead atoms. The van der Waals surface area contributed by atoms with Crippen molar-refractivity contribution in [2.75, 3.05) is 13.7 Å². The van der Waals surface area contributed by atoms with E-state index in [2.05, 4.69) is 5.32 Å². The summed E-state index contributed by atoms with van der Waals surface area (Å²) in [5.41, 5.74) is 1.96. The summed E-state index contributed by atoms with van der Waals surface area (Å²) in [7, 11) is 1.62. The van der Waals surface area contributed by atoms with Crippen LogP contribution in [0.3, 0.4) is 0 Å². The average molecular weight is 383 g/mol. The second-order valence-corrected chi connectivity index (χ2v) is 6.72. The Balaban J connectivity index is 2.33. The summed E-state index contributed by atoms with van der Waals surface area (Å²) in [4.78, 5) is 27.4. The average Bonchev–Trinajstić information content (AvgIpc) is 2.74. The van der Waals surface area contributed by atoms with Crippen LogP contribution in [0.4, 0.5) is 0 Å². The minimum atomic E-state index is -0.562. The maximum absolute atomic E-state index is 13.0. The molecule has 0 spiro atoms. The van der Waals surface area contributed by atoms with Crippen LogP contribution in [0.15, 0.2) is 54.6 Å². The SMILES string of the molecule is CCCNC(=O)C(Cc1ccccc1)N(Cc1cccc(OC)c1)C(=O)CC. The third kappa shape index (κ3) is 6.12. The molecule has 2 rings (SSSR count). The van der Waals surface area contributed by atoms with Crippen LogP contribution < -0.4 is 10.1 Å². The van der Waals surface area contributed by atoms with E-state index in [-0.39, 0.29) is 11.8 Å². The van der Waals surface area contributed by atoms with Crippen molar-refractivity contribution in [2.45, 2.75) is 45.7 Å². The van der Waals surface area contributed by atoms with Crippen LogP contribution in [-0.4, -0.2) is 36.4 Å². The largest absolute Gasteiger partial charge is 0.497 e. The first kappa shape index (κ1) is 21.5. The number of hydrogen-bond donors (Lipinski definition) is 1. The van der Waals surface area contributed by atoms with Gasteiger partial charge in [0, 0.05) is 25.9 Å². The van der Waals surface area contributed by atoms with E-state index in [4.69, 9.17) is 4.74 Å². The molecule has 1 N–H and O–H groups in total. The Kier molecular flexibility index (Phi) is 8.53. The van der Waals surface area contributed by atoms with E-state index in [1.165, 1.54) is 0 Å². The Morgan fingerprint density at radius 1 is 1.04 bits per heavy atom. The van der Waals surface area contributed by atoms with Crippen molar-refractivity contribution < 1.29 is 14.3 Å². The second kappa shape index (κ2) is 11.1. The van der Waals surface area contributed by atoms with E-state index in [0.717, 1.165) is 23.3 Å². The van der Waals surface area contributed by atoms with Crippen molar-refractivity contribution in [1.29, 1.82) is 0 Å². The van der Waals surface area contributed by atoms with Crippen LogP contribution in [0.5, 0.6) is 5.75 Å². The van der Waals surface area contributed by atoms with Crippen molar-refractivity contribution >= 4 is 11.8 Å². The summed E-state index contributed by atoms with van der Waals surface area (Å²) < 4.78 is 5.30. The molecule has 5 heteroatoms. The summed E-state index contributed by atoms with van der Waals surface area (Å²) >= 11 is 0. The van der Waals surface area contributed by atoms with Gasteiger partial charge < -0.3 is 15.0 Å². The number of carbonyl (C=O) groups excluding carboxylic acids is 2. The van der Waals surface area contributed by atoms with E-state index in [1.54, 1.807) is 12.0 Å².